The van der Waals surface area contributed by atoms with Crippen LogP contribution in [0.4, 0.5) is 0 Å². The Labute approximate surface area is 154 Å². The lowest BCUT2D eigenvalue weighted by Crippen LogP contribution is -2.28. The minimum Gasteiger partial charge on any atom is -0.507 e. The van der Waals surface area contributed by atoms with Crippen molar-refractivity contribution in [1.29, 1.82) is 0 Å². The van der Waals surface area contributed by atoms with E-state index in [2.05, 4.69) is 15.3 Å². The number of hydrogen-bond donors (Lipinski definition) is 4. The molecule has 0 amide bonds. The summed E-state index contributed by atoms with van der Waals surface area (Å²) >= 11 is 0. The molecule has 3 aromatic rings. The number of benzene rings is 1. The van der Waals surface area contributed by atoms with Gasteiger partial charge in [0, 0.05) is 17.5 Å². The number of aromatic amines is 1. The van der Waals surface area contributed by atoms with Crippen LogP contribution < -0.4 is 10.9 Å². The van der Waals surface area contributed by atoms with Crippen molar-refractivity contribution in [3.63, 3.8) is 0 Å². The molecule has 7 nitrogen and oxygen atoms in total. The van der Waals surface area contributed by atoms with Crippen molar-refractivity contribution in [2.24, 2.45) is 0 Å². The second-order valence-electron chi connectivity index (χ2n) is 6.74. The number of nitrogens with zero attached hydrogens (tertiary/aromatic N) is 1. The molecule has 1 unspecified atom stereocenters. The van der Waals surface area contributed by atoms with Gasteiger partial charge in [-0.15, -0.1) is 0 Å². The molecule has 1 aliphatic heterocycles. The number of aromatic hydroxyl groups is 1. The van der Waals surface area contributed by atoms with Crippen LogP contribution in [0.25, 0.3) is 22.3 Å². The number of pyridine rings is 2. The fraction of sp³-hybridized carbons (Fsp3) is 0.250. The Morgan fingerprint density at radius 2 is 2.04 bits per heavy atom. The highest BCUT2D eigenvalue weighted by Crippen LogP contribution is 2.34. The first-order chi connectivity index (χ1) is 13.0. The number of carboxylic acid groups (broad SMARTS) is 1. The summed E-state index contributed by atoms with van der Waals surface area (Å²) in [5.41, 5.74) is 1.36. The molecule has 3 heterocycles. The topological polar surface area (TPSA) is 115 Å². The minimum atomic E-state index is -1.27. The van der Waals surface area contributed by atoms with Crippen molar-refractivity contribution in [3.8, 4) is 17.0 Å². The molecular weight excluding hydrogens is 346 g/mol. The zero-order valence-corrected chi connectivity index (χ0v) is 14.5. The molecule has 4 N–H and O–H groups in total. The highest BCUT2D eigenvalue weighted by molar-refractivity contribution is 5.93. The quantitative estimate of drug-likeness (QED) is 0.567. The molecule has 1 saturated heterocycles. The lowest BCUT2D eigenvalue weighted by molar-refractivity contribution is 0.0695. The van der Waals surface area contributed by atoms with Crippen molar-refractivity contribution in [2.75, 3.05) is 13.1 Å². The number of para-hydroxylation sites is 1. The minimum absolute atomic E-state index is 0.0987. The predicted molar refractivity (Wildman–Crippen MR) is 101 cm³/mol. The van der Waals surface area contributed by atoms with Crippen LogP contribution in [0.5, 0.6) is 5.75 Å². The van der Waals surface area contributed by atoms with Gasteiger partial charge in [-0.05, 0) is 55.1 Å². The Hall–Kier alpha value is -3.19. The van der Waals surface area contributed by atoms with Gasteiger partial charge in [0.15, 0.2) is 0 Å². The van der Waals surface area contributed by atoms with E-state index in [1.807, 2.05) is 6.07 Å². The van der Waals surface area contributed by atoms with E-state index in [-0.39, 0.29) is 17.2 Å². The van der Waals surface area contributed by atoms with E-state index in [0.717, 1.165) is 31.5 Å². The zero-order valence-electron chi connectivity index (χ0n) is 14.5. The number of aromatic nitrogens is 2. The van der Waals surface area contributed by atoms with Gasteiger partial charge in [0.1, 0.15) is 17.0 Å². The van der Waals surface area contributed by atoms with Gasteiger partial charge in [0.25, 0.3) is 5.56 Å². The van der Waals surface area contributed by atoms with Crippen LogP contribution >= 0.6 is 0 Å². The Bertz CT molecular complexity index is 1080. The van der Waals surface area contributed by atoms with Crippen LogP contribution in [0.2, 0.25) is 0 Å². The average Bonchev–Trinajstić information content (AvgIpc) is 2.67. The Kier molecular flexibility index (Phi) is 4.37. The van der Waals surface area contributed by atoms with Gasteiger partial charge in [-0.25, -0.2) is 9.78 Å². The van der Waals surface area contributed by atoms with Crippen LogP contribution in [-0.4, -0.2) is 39.2 Å². The number of H-pyrrole nitrogens is 1. The molecule has 2 aromatic heterocycles. The standard InChI is InChI=1S/C20H19N3O4/c24-17-6-2-1-5-12(17)16-9-13(11-4-3-7-21-10-11)14-8-15(20(26)27)19(25)23-18(14)22-16/h1-2,5-6,8-9,11,21,24H,3-4,7,10H2,(H,26,27)(H,22,23,25). The molecule has 0 spiro atoms. The predicted octanol–water partition coefficient (Wildman–Crippen LogP) is 2.46. The maximum absolute atomic E-state index is 12.1. The lowest BCUT2D eigenvalue weighted by Gasteiger charge is -2.25. The van der Waals surface area contributed by atoms with Gasteiger partial charge in [-0.2, -0.15) is 0 Å². The van der Waals surface area contributed by atoms with Crippen LogP contribution in [0.1, 0.15) is 34.7 Å². The van der Waals surface area contributed by atoms with E-state index in [1.165, 1.54) is 6.07 Å². The summed E-state index contributed by atoms with van der Waals surface area (Å²) in [6.45, 7) is 1.71. The van der Waals surface area contributed by atoms with Crippen LogP contribution in [0.15, 0.2) is 41.2 Å². The van der Waals surface area contributed by atoms with E-state index in [9.17, 15) is 19.8 Å². The molecule has 1 aliphatic rings. The molecular formula is C20H19N3O4. The number of piperidine rings is 1. The second kappa shape index (κ2) is 6.85. The van der Waals surface area contributed by atoms with E-state index in [1.54, 1.807) is 24.3 Å². The van der Waals surface area contributed by atoms with Crippen molar-refractivity contribution >= 4 is 17.0 Å². The molecule has 7 heteroatoms. The van der Waals surface area contributed by atoms with Crippen molar-refractivity contribution in [2.45, 2.75) is 18.8 Å². The number of phenols is 1. The van der Waals surface area contributed by atoms with E-state index < -0.39 is 11.5 Å². The number of nitrogens with one attached hydrogen (secondary N) is 2. The third kappa shape index (κ3) is 3.17. The fourth-order valence-corrected chi connectivity index (χ4v) is 3.65. The summed E-state index contributed by atoms with van der Waals surface area (Å²) in [5.74, 6) is -1.00. The monoisotopic (exact) mass is 365 g/mol. The first-order valence-electron chi connectivity index (χ1n) is 8.85. The van der Waals surface area contributed by atoms with E-state index in [4.69, 9.17) is 0 Å². The van der Waals surface area contributed by atoms with Crippen LogP contribution in [0, 0.1) is 0 Å². The largest absolute Gasteiger partial charge is 0.507 e. The number of aromatic carboxylic acids is 1. The van der Waals surface area contributed by atoms with Gasteiger partial charge in [0.05, 0.1) is 5.69 Å². The number of fused-ring (bicyclic) bond motifs is 1. The molecule has 0 radical (unpaired) electrons. The number of carboxylic acids is 1. The highest BCUT2D eigenvalue weighted by atomic mass is 16.4. The first kappa shape index (κ1) is 17.2. The fourth-order valence-electron chi connectivity index (χ4n) is 3.65. The second-order valence-corrected chi connectivity index (χ2v) is 6.74. The van der Waals surface area contributed by atoms with Crippen molar-refractivity contribution in [1.82, 2.24) is 15.3 Å². The molecule has 0 bridgehead atoms. The number of phenolic OH excluding ortho intramolecular Hbond substituents is 1. The summed E-state index contributed by atoms with van der Waals surface area (Å²) in [7, 11) is 0. The molecule has 1 fully saturated rings. The first-order valence-corrected chi connectivity index (χ1v) is 8.85. The molecule has 0 saturated carbocycles. The summed E-state index contributed by atoms with van der Waals surface area (Å²) in [4.78, 5) is 30.6. The maximum Gasteiger partial charge on any atom is 0.341 e. The Morgan fingerprint density at radius 3 is 2.74 bits per heavy atom. The van der Waals surface area contributed by atoms with Crippen molar-refractivity contribution in [3.05, 3.63) is 57.9 Å². The van der Waals surface area contributed by atoms with Gasteiger partial charge >= 0.3 is 5.97 Å². The van der Waals surface area contributed by atoms with Gasteiger partial charge in [0.2, 0.25) is 0 Å². The normalized spacial score (nSPS) is 17.1. The molecule has 4 rings (SSSR count). The van der Waals surface area contributed by atoms with Gasteiger partial charge < -0.3 is 20.5 Å². The van der Waals surface area contributed by atoms with Gasteiger partial charge in [-0.1, -0.05) is 12.1 Å². The molecule has 1 atom stereocenters. The summed E-state index contributed by atoms with van der Waals surface area (Å²) in [6, 6.07) is 10.2. The zero-order chi connectivity index (χ0) is 19.0. The molecule has 1 aromatic carbocycles. The van der Waals surface area contributed by atoms with E-state index in [0.29, 0.717) is 22.3 Å². The van der Waals surface area contributed by atoms with Crippen molar-refractivity contribution < 1.29 is 15.0 Å². The third-order valence-electron chi connectivity index (χ3n) is 5.00. The molecule has 0 aliphatic carbocycles. The number of rotatable bonds is 3. The third-order valence-corrected chi connectivity index (χ3v) is 5.00. The number of hydrogen-bond acceptors (Lipinski definition) is 5. The highest BCUT2D eigenvalue weighted by Gasteiger charge is 2.22. The summed E-state index contributed by atoms with van der Waals surface area (Å²) in [6.07, 6.45) is 1.96. The smallest absolute Gasteiger partial charge is 0.341 e. The van der Waals surface area contributed by atoms with Gasteiger partial charge in [-0.3, -0.25) is 4.79 Å². The molecule has 138 valence electrons. The van der Waals surface area contributed by atoms with E-state index >= 15 is 0 Å². The SMILES string of the molecule is O=C(O)c1cc2c(C3CCCNC3)cc(-c3ccccc3O)nc2[nH]c1=O. The number of carbonyl (C=O) groups is 1. The average molecular weight is 365 g/mol. The Morgan fingerprint density at radius 1 is 1.22 bits per heavy atom. The lowest BCUT2D eigenvalue weighted by atomic mass is 9.88. The Balaban J connectivity index is 2.00. The summed E-state index contributed by atoms with van der Waals surface area (Å²) in [5, 5.41) is 23.5. The molecule has 27 heavy (non-hydrogen) atoms. The van der Waals surface area contributed by atoms with Crippen LogP contribution in [-0.2, 0) is 0 Å². The summed E-state index contributed by atoms with van der Waals surface area (Å²) < 4.78 is 0. The van der Waals surface area contributed by atoms with Crippen LogP contribution in [0.3, 0.4) is 0 Å². The maximum atomic E-state index is 12.1.